The first-order chi connectivity index (χ1) is 13.9. The number of anilines is 1. The topological polar surface area (TPSA) is 102 Å². The van der Waals surface area contributed by atoms with Crippen molar-refractivity contribution in [1.29, 1.82) is 0 Å². The average Bonchev–Trinajstić information content (AvgIpc) is 2.97. The van der Waals surface area contributed by atoms with E-state index < -0.39 is 17.1 Å². The third kappa shape index (κ3) is 2.67. The normalized spacial score (nSPS) is 24.3. The van der Waals surface area contributed by atoms with Gasteiger partial charge in [0, 0.05) is 23.2 Å². The molecule has 6 heteroatoms. The summed E-state index contributed by atoms with van der Waals surface area (Å²) in [6, 6.07) is 10.4. The van der Waals surface area contributed by atoms with Gasteiger partial charge in [0.05, 0.1) is 5.56 Å². The van der Waals surface area contributed by atoms with Crippen LogP contribution in [0.4, 0.5) is 5.69 Å². The van der Waals surface area contributed by atoms with Crippen LogP contribution in [0.15, 0.2) is 36.4 Å². The lowest BCUT2D eigenvalue weighted by atomic mass is 9.81. The van der Waals surface area contributed by atoms with E-state index in [-0.39, 0.29) is 40.5 Å². The molecule has 6 nitrogen and oxygen atoms in total. The van der Waals surface area contributed by atoms with Crippen molar-refractivity contribution in [3.8, 4) is 5.75 Å². The molecule has 2 aromatic rings. The van der Waals surface area contributed by atoms with Gasteiger partial charge in [0.2, 0.25) is 17.2 Å². The van der Waals surface area contributed by atoms with E-state index in [9.17, 15) is 14.7 Å². The van der Waals surface area contributed by atoms with Crippen LogP contribution in [0.2, 0.25) is 0 Å². The molecule has 158 valence electrons. The number of aliphatic hydroxyl groups is 1. The van der Waals surface area contributed by atoms with Crippen LogP contribution in [0.1, 0.15) is 74.0 Å². The Balaban J connectivity index is 1.93. The smallest absolute Gasteiger partial charge is 0.271 e. The molecule has 0 aromatic heterocycles. The molecule has 0 fully saturated rings. The summed E-state index contributed by atoms with van der Waals surface area (Å²) in [4.78, 5) is 26.8. The molecular formula is C24H28N2O4. The summed E-state index contributed by atoms with van der Waals surface area (Å²) >= 11 is 0. The molecule has 1 aliphatic carbocycles. The van der Waals surface area contributed by atoms with Crippen molar-refractivity contribution in [3.05, 3.63) is 58.7 Å². The summed E-state index contributed by atoms with van der Waals surface area (Å²) in [7, 11) is 0. The molecule has 0 bridgehead atoms. The molecule has 2 atom stereocenters. The van der Waals surface area contributed by atoms with E-state index in [2.05, 4.69) is 5.32 Å². The minimum atomic E-state index is -2.07. The fourth-order valence-corrected chi connectivity index (χ4v) is 4.48. The number of ketones is 1. The molecule has 4 rings (SSSR count). The fraction of sp³-hybridized carbons (Fsp3) is 0.417. The molecule has 2 aromatic carbocycles. The molecule has 4 N–H and O–H groups in total. The Morgan fingerprint density at radius 1 is 1.20 bits per heavy atom. The van der Waals surface area contributed by atoms with Crippen molar-refractivity contribution >= 4 is 17.4 Å². The van der Waals surface area contributed by atoms with Crippen molar-refractivity contribution < 1.29 is 19.4 Å². The zero-order chi connectivity index (χ0) is 22.1. The molecule has 1 amide bonds. The largest absolute Gasteiger partial charge is 0.454 e. The van der Waals surface area contributed by atoms with Gasteiger partial charge in [-0.25, -0.2) is 0 Å². The maximum atomic E-state index is 13.8. The summed E-state index contributed by atoms with van der Waals surface area (Å²) in [6.45, 7) is 9.91. The van der Waals surface area contributed by atoms with E-state index in [1.165, 1.54) is 0 Å². The maximum absolute atomic E-state index is 13.8. The highest BCUT2D eigenvalue weighted by Gasteiger charge is 2.72. The van der Waals surface area contributed by atoms with Gasteiger partial charge in [-0.15, -0.1) is 0 Å². The van der Waals surface area contributed by atoms with E-state index >= 15 is 0 Å². The second kappa shape index (κ2) is 6.32. The lowest BCUT2D eigenvalue weighted by Crippen LogP contribution is -2.60. The van der Waals surface area contributed by atoms with Crippen LogP contribution in [-0.4, -0.2) is 16.8 Å². The Morgan fingerprint density at radius 3 is 2.53 bits per heavy atom. The highest BCUT2D eigenvalue weighted by atomic mass is 16.6. The SMILES string of the molecule is CC(C)c1ccc2c(c1)OC1(O)c3cccc(N)c3C(=O)C21NC(=O)CC(C)(C)C. The third-order valence-corrected chi connectivity index (χ3v) is 5.89. The quantitative estimate of drug-likeness (QED) is 0.674. The van der Waals surface area contributed by atoms with Crippen molar-refractivity contribution in [3.63, 3.8) is 0 Å². The van der Waals surface area contributed by atoms with Gasteiger partial charge in [-0.05, 0) is 29.0 Å². The Kier molecular flexibility index (Phi) is 4.30. The molecule has 30 heavy (non-hydrogen) atoms. The van der Waals surface area contributed by atoms with Crippen molar-refractivity contribution in [1.82, 2.24) is 5.32 Å². The number of ether oxygens (including phenoxy) is 1. The Hall–Kier alpha value is -2.86. The van der Waals surface area contributed by atoms with E-state index in [0.717, 1.165) is 5.56 Å². The monoisotopic (exact) mass is 408 g/mol. The van der Waals surface area contributed by atoms with Crippen molar-refractivity contribution in [2.24, 2.45) is 5.41 Å². The number of fused-ring (bicyclic) bond motifs is 5. The van der Waals surface area contributed by atoms with E-state index in [1.54, 1.807) is 24.3 Å². The molecule has 0 saturated heterocycles. The van der Waals surface area contributed by atoms with Gasteiger partial charge >= 0.3 is 0 Å². The first kappa shape index (κ1) is 20.4. The van der Waals surface area contributed by atoms with Gasteiger partial charge < -0.3 is 20.9 Å². The second-order valence-corrected chi connectivity index (χ2v) is 9.79. The molecular weight excluding hydrogens is 380 g/mol. The number of hydrogen-bond acceptors (Lipinski definition) is 5. The predicted octanol–water partition coefficient (Wildman–Crippen LogP) is 3.57. The van der Waals surface area contributed by atoms with Crippen LogP contribution in [0.5, 0.6) is 5.75 Å². The van der Waals surface area contributed by atoms with Crippen molar-refractivity contribution in [2.75, 3.05) is 5.73 Å². The highest BCUT2D eigenvalue weighted by Crippen LogP contribution is 2.59. The van der Waals surface area contributed by atoms with E-state index in [0.29, 0.717) is 11.3 Å². The zero-order valence-electron chi connectivity index (χ0n) is 18.0. The van der Waals surface area contributed by atoms with E-state index in [4.69, 9.17) is 10.5 Å². The molecule has 0 saturated carbocycles. The van der Waals surface area contributed by atoms with Gasteiger partial charge in [0.15, 0.2) is 0 Å². The number of nitrogens with two attached hydrogens (primary N) is 1. The Labute approximate surface area is 176 Å². The lowest BCUT2D eigenvalue weighted by Gasteiger charge is -2.35. The van der Waals surface area contributed by atoms with Crippen molar-refractivity contribution in [2.45, 2.75) is 58.3 Å². The number of hydrogen-bond donors (Lipinski definition) is 3. The second-order valence-electron chi connectivity index (χ2n) is 9.79. The number of rotatable bonds is 3. The number of nitrogen functional groups attached to an aromatic ring is 1. The minimum Gasteiger partial charge on any atom is -0.454 e. The summed E-state index contributed by atoms with van der Waals surface area (Å²) in [5, 5.41) is 14.7. The van der Waals surface area contributed by atoms with Crippen LogP contribution < -0.4 is 15.8 Å². The predicted molar refractivity (Wildman–Crippen MR) is 114 cm³/mol. The third-order valence-electron chi connectivity index (χ3n) is 5.89. The zero-order valence-corrected chi connectivity index (χ0v) is 18.0. The number of benzene rings is 2. The molecule has 1 aliphatic heterocycles. The number of amides is 1. The van der Waals surface area contributed by atoms with Crippen LogP contribution in [0, 0.1) is 5.41 Å². The minimum absolute atomic E-state index is 0.184. The average molecular weight is 408 g/mol. The Bertz CT molecular complexity index is 1070. The Morgan fingerprint density at radius 2 is 1.90 bits per heavy atom. The molecule has 2 aliphatic rings. The number of Topliss-reactive ketones (excluding diaryl/α,β-unsaturated/α-hetero) is 1. The number of carbonyl (C=O) groups is 2. The first-order valence-electron chi connectivity index (χ1n) is 10.2. The first-order valence-corrected chi connectivity index (χ1v) is 10.2. The van der Waals surface area contributed by atoms with Gasteiger partial charge in [-0.1, -0.05) is 58.9 Å². The van der Waals surface area contributed by atoms with Gasteiger partial charge in [-0.3, -0.25) is 9.59 Å². The summed E-state index contributed by atoms with van der Waals surface area (Å²) in [5.41, 5.74) is 6.18. The van der Waals surface area contributed by atoms with E-state index in [1.807, 2.05) is 46.8 Å². The molecule has 2 unspecified atom stereocenters. The number of nitrogens with one attached hydrogen (secondary N) is 1. The van der Waals surface area contributed by atoms with Gasteiger partial charge in [-0.2, -0.15) is 0 Å². The lowest BCUT2D eigenvalue weighted by molar-refractivity contribution is -0.175. The molecule has 0 spiro atoms. The summed E-state index contributed by atoms with van der Waals surface area (Å²) in [6.07, 6.45) is 0.184. The van der Waals surface area contributed by atoms with Crippen LogP contribution in [0.3, 0.4) is 0 Å². The summed E-state index contributed by atoms with van der Waals surface area (Å²) in [5.74, 6) is -2.25. The number of carbonyl (C=O) groups excluding carboxylic acids is 2. The standard InChI is InChI=1S/C24H28N2O4/c1-13(2)14-9-10-15-18(11-14)30-24(29)16-7-6-8-17(25)20(16)21(28)23(15,24)26-19(27)12-22(3,4)5/h6-11,13,29H,12,25H2,1-5H3,(H,26,27). The summed E-state index contributed by atoms with van der Waals surface area (Å²) < 4.78 is 6.06. The van der Waals surface area contributed by atoms with Crippen LogP contribution in [0.25, 0.3) is 0 Å². The molecule has 1 heterocycles. The van der Waals surface area contributed by atoms with Crippen LogP contribution in [-0.2, 0) is 16.1 Å². The maximum Gasteiger partial charge on any atom is 0.271 e. The fourth-order valence-electron chi connectivity index (χ4n) is 4.48. The van der Waals surface area contributed by atoms with Gasteiger partial charge in [0.25, 0.3) is 5.79 Å². The van der Waals surface area contributed by atoms with Gasteiger partial charge in [0.1, 0.15) is 5.75 Å². The van der Waals surface area contributed by atoms with Crippen LogP contribution >= 0.6 is 0 Å². The molecule has 0 radical (unpaired) electrons. The highest BCUT2D eigenvalue weighted by molar-refractivity contribution is 6.15.